The van der Waals surface area contributed by atoms with E-state index in [1.54, 1.807) is 24.6 Å². The molecular formula is C16H14BrN3O2. The van der Waals surface area contributed by atoms with Gasteiger partial charge in [0, 0.05) is 18.3 Å². The van der Waals surface area contributed by atoms with E-state index in [0.717, 1.165) is 21.6 Å². The second-order valence-corrected chi connectivity index (χ2v) is 5.61. The van der Waals surface area contributed by atoms with Gasteiger partial charge in [-0.05, 0) is 34.1 Å². The topological polar surface area (TPSA) is 62.4 Å². The number of anilines is 1. The van der Waals surface area contributed by atoms with Gasteiger partial charge < -0.3 is 14.4 Å². The summed E-state index contributed by atoms with van der Waals surface area (Å²) >= 11 is 3.47. The Kier molecular flexibility index (Phi) is 4.39. The SMILES string of the molecule is Oc1ccccc1CN(Cc1ccco1)c1ncncc1Br. The van der Waals surface area contributed by atoms with Crippen molar-refractivity contribution in [1.29, 1.82) is 0 Å². The smallest absolute Gasteiger partial charge is 0.147 e. The zero-order valence-electron chi connectivity index (χ0n) is 11.7. The van der Waals surface area contributed by atoms with Crippen molar-refractivity contribution in [3.8, 4) is 5.75 Å². The van der Waals surface area contributed by atoms with Gasteiger partial charge in [0.25, 0.3) is 0 Å². The lowest BCUT2D eigenvalue weighted by Gasteiger charge is -2.24. The minimum absolute atomic E-state index is 0.261. The number of nitrogens with zero attached hydrogens (tertiary/aromatic N) is 3. The molecule has 22 heavy (non-hydrogen) atoms. The fourth-order valence-corrected chi connectivity index (χ4v) is 2.66. The van der Waals surface area contributed by atoms with E-state index in [2.05, 4.69) is 25.9 Å². The summed E-state index contributed by atoms with van der Waals surface area (Å²) in [5.41, 5.74) is 0.819. The maximum Gasteiger partial charge on any atom is 0.147 e. The number of halogens is 1. The summed E-state index contributed by atoms with van der Waals surface area (Å²) in [6, 6.07) is 11.0. The summed E-state index contributed by atoms with van der Waals surface area (Å²) < 4.78 is 6.22. The van der Waals surface area contributed by atoms with Gasteiger partial charge >= 0.3 is 0 Å². The molecule has 0 spiro atoms. The van der Waals surface area contributed by atoms with Crippen LogP contribution in [0, 0.1) is 0 Å². The molecule has 6 heteroatoms. The minimum Gasteiger partial charge on any atom is -0.508 e. The van der Waals surface area contributed by atoms with Gasteiger partial charge in [-0.3, -0.25) is 0 Å². The van der Waals surface area contributed by atoms with E-state index in [1.165, 1.54) is 6.33 Å². The van der Waals surface area contributed by atoms with Crippen molar-refractivity contribution in [2.24, 2.45) is 0 Å². The van der Waals surface area contributed by atoms with Gasteiger partial charge in [-0.1, -0.05) is 18.2 Å². The van der Waals surface area contributed by atoms with Crippen molar-refractivity contribution in [3.63, 3.8) is 0 Å². The van der Waals surface area contributed by atoms with Crippen molar-refractivity contribution >= 4 is 21.7 Å². The summed E-state index contributed by atoms with van der Waals surface area (Å²) in [4.78, 5) is 10.3. The van der Waals surface area contributed by atoms with Gasteiger partial charge in [-0.25, -0.2) is 9.97 Å². The number of aromatic hydroxyl groups is 1. The molecular weight excluding hydrogens is 346 g/mol. The molecule has 1 N–H and O–H groups in total. The molecule has 5 nitrogen and oxygen atoms in total. The van der Waals surface area contributed by atoms with Gasteiger partial charge in [0.15, 0.2) is 0 Å². The maximum atomic E-state index is 10.0. The molecule has 0 radical (unpaired) electrons. The Morgan fingerprint density at radius 3 is 2.73 bits per heavy atom. The van der Waals surface area contributed by atoms with E-state index in [4.69, 9.17) is 4.42 Å². The highest BCUT2D eigenvalue weighted by Crippen LogP contribution is 2.27. The van der Waals surface area contributed by atoms with Crippen LogP contribution in [-0.2, 0) is 13.1 Å². The second kappa shape index (κ2) is 6.62. The van der Waals surface area contributed by atoms with Crippen molar-refractivity contribution in [1.82, 2.24) is 9.97 Å². The average molecular weight is 360 g/mol. The Morgan fingerprint density at radius 1 is 1.14 bits per heavy atom. The lowest BCUT2D eigenvalue weighted by molar-refractivity contribution is 0.464. The van der Waals surface area contributed by atoms with Crippen LogP contribution >= 0.6 is 15.9 Å². The number of para-hydroxylation sites is 1. The second-order valence-electron chi connectivity index (χ2n) is 4.76. The van der Waals surface area contributed by atoms with Crippen LogP contribution in [0.1, 0.15) is 11.3 Å². The zero-order chi connectivity index (χ0) is 15.4. The molecule has 0 aliphatic heterocycles. The fraction of sp³-hybridized carbons (Fsp3) is 0.125. The van der Waals surface area contributed by atoms with Gasteiger partial charge in [-0.2, -0.15) is 0 Å². The maximum absolute atomic E-state index is 10.0. The third-order valence-corrected chi connectivity index (χ3v) is 3.79. The Hall–Kier alpha value is -2.34. The first-order valence-electron chi connectivity index (χ1n) is 6.74. The highest BCUT2D eigenvalue weighted by molar-refractivity contribution is 9.10. The van der Waals surface area contributed by atoms with Crippen molar-refractivity contribution in [2.75, 3.05) is 4.90 Å². The summed E-state index contributed by atoms with van der Waals surface area (Å²) in [5.74, 6) is 1.83. The molecule has 112 valence electrons. The third kappa shape index (κ3) is 3.28. The molecule has 0 saturated carbocycles. The van der Waals surface area contributed by atoms with Crippen LogP contribution in [0.4, 0.5) is 5.82 Å². The standard InChI is InChI=1S/C16H14BrN3O2/c17-14-8-18-11-19-16(14)20(10-13-5-3-7-22-13)9-12-4-1-2-6-15(12)21/h1-8,11,21H,9-10H2. The largest absolute Gasteiger partial charge is 0.508 e. The Morgan fingerprint density at radius 2 is 2.00 bits per heavy atom. The van der Waals surface area contributed by atoms with Crippen LogP contribution < -0.4 is 4.90 Å². The molecule has 0 atom stereocenters. The van der Waals surface area contributed by atoms with Crippen LogP contribution in [0.25, 0.3) is 0 Å². The molecule has 3 aromatic rings. The number of benzene rings is 1. The number of aromatic nitrogens is 2. The number of hydrogen-bond donors (Lipinski definition) is 1. The zero-order valence-corrected chi connectivity index (χ0v) is 13.3. The number of hydrogen-bond acceptors (Lipinski definition) is 5. The highest BCUT2D eigenvalue weighted by Gasteiger charge is 2.15. The van der Waals surface area contributed by atoms with E-state index >= 15 is 0 Å². The first-order chi connectivity index (χ1) is 10.7. The predicted molar refractivity (Wildman–Crippen MR) is 86.4 cm³/mol. The van der Waals surface area contributed by atoms with Crippen LogP contribution in [-0.4, -0.2) is 15.1 Å². The molecule has 0 aliphatic carbocycles. The Bertz CT molecular complexity index is 747. The van der Waals surface area contributed by atoms with E-state index in [-0.39, 0.29) is 5.75 Å². The summed E-state index contributed by atoms with van der Waals surface area (Å²) in [7, 11) is 0. The number of phenolic OH excluding ortho intramolecular Hbond substituents is 1. The summed E-state index contributed by atoms with van der Waals surface area (Å²) in [6.45, 7) is 1.04. The van der Waals surface area contributed by atoms with Crippen molar-refractivity contribution in [2.45, 2.75) is 13.1 Å². The van der Waals surface area contributed by atoms with Gasteiger partial charge in [-0.15, -0.1) is 0 Å². The van der Waals surface area contributed by atoms with Gasteiger partial charge in [0.2, 0.25) is 0 Å². The molecule has 3 rings (SSSR count). The summed E-state index contributed by atoms with van der Waals surface area (Å²) in [6.07, 6.45) is 4.84. The quantitative estimate of drug-likeness (QED) is 0.751. The lowest BCUT2D eigenvalue weighted by atomic mass is 10.2. The van der Waals surface area contributed by atoms with Crippen LogP contribution in [0.5, 0.6) is 5.75 Å². The van der Waals surface area contributed by atoms with E-state index in [1.807, 2.05) is 29.2 Å². The number of phenols is 1. The molecule has 2 heterocycles. The van der Waals surface area contributed by atoms with Crippen molar-refractivity contribution < 1.29 is 9.52 Å². The van der Waals surface area contributed by atoms with Crippen molar-refractivity contribution in [3.05, 3.63) is 71.0 Å². The lowest BCUT2D eigenvalue weighted by Crippen LogP contribution is -2.23. The summed E-state index contributed by atoms with van der Waals surface area (Å²) in [5, 5.41) is 10.0. The molecule has 0 fully saturated rings. The molecule has 2 aromatic heterocycles. The van der Waals surface area contributed by atoms with Gasteiger partial charge in [0.05, 0.1) is 17.3 Å². The monoisotopic (exact) mass is 359 g/mol. The highest BCUT2D eigenvalue weighted by atomic mass is 79.9. The van der Waals surface area contributed by atoms with E-state index < -0.39 is 0 Å². The fourth-order valence-electron chi connectivity index (χ4n) is 2.19. The van der Waals surface area contributed by atoms with E-state index in [0.29, 0.717) is 13.1 Å². The normalized spacial score (nSPS) is 10.6. The molecule has 0 amide bonds. The van der Waals surface area contributed by atoms with Gasteiger partial charge in [0.1, 0.15) is 23.7 Å². The van der Waals surface area contributed by atoms with Crippen LogP contribution in [0.2, 0.25) is 0 Å². The molecule has 1 aromatic carbocycles. The molecule has 0 aliphatic rings. The predicted octanol–water partition coefficient (Wildman–Crippen LogP) is 3.74. The Balaban J connectivity index is 1.92. The first-order valence-corrected chi connectivity index (χ1v) is 7.53. The van der Waals surface area contributed by atoms with E-state index in [9.17, 15) is 5.11 Å². The Labute approximate surface area is 136 Å². The molecule has 0 bridgehead atoms. The average Bonchev–Trinajstić information content (AvgIpc) is 3.02. The number of rotatable bonds is 5. The minimum atomic E-state index is 0.261. The molecule has 0 saturated heterocycles. The molecule has 0 unspecified atom stereocenters. The first kappa shape index (κ1) is 14.6. The third-order valence-electron chi connectivity index (χ3n) is 3.23. The van der Waals surface area contributed by atoms with Crippen LogP contribution in [0.3, 0.4) is 0 Å². The number of furan rings is 1. The van der Waals surface area contributed by atoms with Crippen LogP contribution in [0.15, 0.2) is 64.1 Å².